The number of hydrogen-bond donors (Lipinski definition) is 0. The maximum absolute atomic E-state index is 12.5. The van der Waals surface area contributed by atoms with E-state index >= 15 is 0 Å². The summed E-state index contributed by atoms with van der Waals surface area (Å²) in [5.41, 5.74) is 1.66. The summed E-state index contributed by atoms with van der Waals surface area (Å²) in [6.07, 6.45) is 3.44. The molecule has 30 heavy (non-hydrogen) atoms. The van der Waals surface area contributed by atoms with Crippen LogP contribution in [0.1, 0.15) is 30.9 Å². The van der Waals surface area contributed by atoms with Gasteiger partial charge in [0.05, 0.1) is 23.9 Å². The predicted molar refractivity (Wildman–Crippen MR) is 130 cm³/mol. The molecule has 0 radical (unpaired) electrons. The molecule has 2 amide bonds. The van der Waals surface area contributed by atoms with Gasteiger partial charge in [0.15, 0.2) is 0 Å². The second-order valence-electron chi connectivity index (χ2n) is 6.54. The molecule has 3 rings (SSSR count). The minimum Gasteiger partial charge on any atom is -0.487 e. The molecule has 158 valence electrons. The Balaban J connectivity index is 1.76. The van der Waals surface area contributed by atoms with Gasteiger partial charge in [-0.25, -0.2) is 0 Å². The Morgan fingerprint density at radius 2 is 1.80 bits per heavy atom. The van der Waals surface area contributed by atoms with E-state index in [0.29, 0.717) is 42.8 Å². The molecule has 2 aromatic rings. The highest BCUT2D eigenvalue weighted by molar-refractivity contribution is 9.11. The summed E-state index contributed by atoms with van der Waals surface area (Å²) < 4.78 is 7.35. The van der Waals surface area contributed by atoms with Gasteiger partial charge in [0.25, 0.3) is 11.1 Å². The molecule has 0 aromatic heterocycles. The average Bonchev–Trinajstić information content (AvgIpc) is 2.95. The fourth-order valence-electron chi connectivity index (χ4n) is 2.75. The van der Waals surface area contributed by atoms with Crippen LogP contribution in [0.5, 0.6) is 5.75 Å². The highest BCUT2D eigenvalue weighted by Crippen LogP contribution is 2.38. The molecule has 4 nitrogen and oxygen atoms in total. The third-order valence-electron chi connectivity index (χ3n) is 4.29. The number of amides is 2. The second-order valence-corrected chi connectivity index (χ2v) is 10.1. The van der Waals surface area contributed by atoms with Crippen LogP contribution in [0.3, 0.4) is 0 Å². The maximum Gasteiger partial charge on any atom is 0.293 e. The molecular weight excluding hydrogens is 577 g/mol. The highest BCUT2D eigenvalue weighted by atomic mass is 79.9. The number of ether oxygens (including phenoxy) is 1. The molecule has 0 spiro atoms. The van der Waals surface area contributed by atoms with Gasteiger partial charge >= 0.3 is 0 Å². The SMILES string of the molecule is CCCCN1C(=O)S/C(=C\c2cc(Br)c(OCc3ccc(Cl)c(Cl)c3)c(Br)c2)C1=O. The number of halogens is 4. The van der Waals surface area contributed by atoms with E-state index in [2.05, 4.69) is 31.9 Å². The first-order valence-corrected chi connectivity index (χ1v) is 12.3. The third-order valence-corrected chi connectivity index (χ3v) is 7.12. The molecule has 1 saturated heterocycles. The monoisotopic (exact) mass is 591 g/mol. The standard InChI is InChI=1S/C21H17Br2Cl2NO3S/c1-2-3-6-26-20(27)18(30-21(26)28)10-13-7-14(22)19(15(23)8-13)29-11-12-4-5-16(24)17(25)9-12/h4-5,7-10H,2-3,6,11H2,1H3/b18-10-. The van der Waals surface area contributed by atoms with Crippen molar-refractivity contribution in [1.29, 1.82) is 0 Å². The molecule has 0 saturated carbocycles. The first-order valence-electron chi connectivity index (χ1n) is 9.11. The Bertz CT molecular complexity index is 1010. The zero-order chi connectivity index (χ0) is 21.8. The quantitative estimate of drug-likeness (QED) is 0.306. The van der Waals surface area contributed by atoms with Gasteiger partial charge in [-0.2, -0.15) is 0 Å². The molecule has 1 heterocycles. The van der Waals surface area contributed by atoms with Crippen molar-refractivity contribution in [3.8, 4) is 5.75 Å². The Hall–Kier alpha value is -0.990. The van der Waals surface area contributed by atoms with Crippen LogP contribution in [-0.4, -0.2) is 22.6 Å². The summed E-state index contributed by atoms with van der Waals surface area (Å²) in [5.74, 6) is 0.375. The minimum absolute atomic E-state index is 0.223. The van der Waals surface area contributed by atoms with Crippen LogP contribution in [-0.2, 0) is 11.4 Å². The van der Waals surface area contributed by atoms with E-state index in [9.17, 15) is 9.59 Å². The van der Waals surface area contributed by atoms with Crippen LogP contribution in [0, 0.1) is 0 Å². The number of unbranched alkanes of at least 4 members (excludes halogenated alkanes) is 1. The van der Waals surface area contributed by atoms with E-state index in [1.165, 1.54) is 4.90 Å². The smallest absolute Gasteiger partial charge is 0.293 e. The van der Waals surface area contributed by atoms with Crippen LogP contribution in [0.25, 0.3) is 6.08 Å². The number of imide groups is 1. The number of hydrogen-bond acceptors (Lipinski definition) is 4. The van der Waals surface area contributed by atoms with Crippen molar-refractivity contribution in [2.24, 2.45) is 0 Å². The number of carbonyl (C=O) groups excluding carboxylic acids is 2. The van der Waals surface area contributed by atoms with Crippen LogP contribution in [0.2, 0.25) is 10.0 Å². The molecule has 2 aromatic carbocycles. The van der Waals surface area contributed by atoms with Crippen LogP contribution < -0.4 is 4.74 Å². The Morgan fingerprint density at radius 1 is 1.10 bits per heavy atom. The highest BCUT2D eigenvalue weighted by Gasteiger charge is 2.34. The van der Waals surface area contributed by atoms with E-state index in [1.807, 2.05) is 25.1 Å². The normalized spacial score (nSPS) is 15.4. The summed E-state index contributed by atoms with van der Waals surface area (Å²) in [6, 6.07) is 9.01. The van der Waals surface area contributed by atoms with Crippen LogP contribution in [0.4, 0.5) is 4.79 Å². The minimum atomic E-state index is -0.245. The molecular formula is C21H17Br2Cl2NO3S. The van der Waals surface area contributed by atoms with Gasteiger partial charge in [-0.15, -0.1) is 0 Å². The lowest BCUT2D eigenvalue weighted by Gasteiger charge is -2.12. The average molecular weight is 594 g/mol. The van der Waals surface area contributed by atoms with E-state index in [1.54, 1.807) is 18.2 Å². The predicted octanol–water partition coefficient (Wildman–Crippen LogP) is 7.93. The fraction of sp³-hybridized carbons (Fsp3) is 0.238. The first-order chi connectivity index (χ1) is 14.3. The van der Waals surface area contributed by atoms with Gasteiger partial charge in [0.1, 0.15) is 12.4 Å². The molecule has 0 unspecified atom stereocenters. The number of benzene rings is 2. The van der Waals surface area contributed by atoms with Crippen molar-refractivity contribution in [2.45, 2.75) is 26.4 Å². The molecule has 9 heteroatoms. The van der Waals surface area contributed by atoms with E-state index in [4.69, 9.17) is 27.9 Å². The number of thioether (sulfide) groups is 1. The third kappa shape index (κ3) is 5.62. The Labute approximate surface area is 206 Å². The molecule has 0 bridgehead atoms. The molecule has 1 aliphatic heterocycles. The maximum atomic E-state index is 12.5. The topological polar surface area (TPSA) is 46.6 Å². The van der Waals surface area contributed by atoms with Gasteiger partial charge < -0.3 is 4.74 Å². The Morgan fingerprint density at radius 3 is 2.43 bits per heavy atom. The van der Waals surface area contributed by atoms with E-state index < -0.39 is 0 Å². The van der Waals surface area contributed by atoms with Crippen molar-refractivity contribution in [2.75, 3.05) is 6.54 Å². The summed E-state index contributed by atoms with van der Waals surface area (Å²) >= 11 is 20.0. The number of nitrogens with zero attached hydrogens (tertiary/aromatic N) is 1. The lowest BCUT2D eigenvalue weighted by Crippen LogP contribution is -2.29. The number of rotatable bonds is 7. The lowest BCUT2D eigenvalue weighted by atomic mass is 10.2. The lowest BCUT2D eigenvalue weighted by molar-refractivity contribution is -0.122. The van der Waals surface area contributed by atoms with Gasteiger partial charge in [0.2, 0.25) is 0 Å². The number of carbonyl (C=O) groups is 2. The fourth-order valence-corrected chi connectivity index (χ4v) is 5.38. The van der Waals surface area contributed by atoms with Crippen LogP contribution >= 0.6 is 66.8 Å². The second kappa shape index (κ2) is 10.6. The van der Waals surface area contributed by atoms with Crippen molar-refractivity contribution in [1.82, 2.24) is 4.90 Å². The molecule has 1 aliphatic rings. The zero-order valence-electron chi connectivity index (χ0n) is 15.9. The van der Waals surface area contributed by atoms with Gasteiger partial charge in [-0.05, 0) is 91.5 Å². The van der Waals surface area contributed by atoms with Crippen molar-refractivity contribution < 1.29 is 14.3 Å². The summed E-state index contributed by atoms with van der Waals surface area (Å²) in [4.78, 5) is 26.4. The Kier molecular flexibility index (Phi) is 8.32. The molecule has 0 aliphatic carbocycles. The van der Waals surface area contributed by atoms with Crippen molar-refractivity contribution >= 4 is 84.0 Å². The summed E-state index contributed by atoms with van der Waals surface area (Å²) in [6.45, 7) is 2.78. The van der Waals surface area contributed by atoms with E-state index in [0.717, 1.165) is 35.7 Å². The van der Waals surface area contributed by atoms with E-state index in [-0.39, 0.29) is 11.1 Å². The zero-order valence-corrected chi connectivity index (χ0v) is 21.4. The summed E-state index contributed by atoms with van der Waals surface area (Å²) in [7, 11) is 0. The molecule has 0 atom stereocenters. The van der Waals surface area contributed by atoms with Gasteiger partial charge in [-0.1, -0.05) is 42.6 Å². The van der Waals surface area contributed by atoms with Crippen molar-refractivity contribution in [3.05, 3.63) is 65.4 Å². The van der Waals surface area contributed by atoms with Gasteiger partial charge in [-0.3, -0.25) is 14.5 Å². The van der Waals surface area contributed by atoms with Crippen LogP contribution in [0.15, 0.2) is 44.2 Å². The largest absolute Gasteiger partial charge is 0.487 e. The molecule has 1 fully saturated rings. The van der Waals surface area contributed by atoms with Crippen molar-refractivity contribution in [3.63, 3.8) is 0 Å². The molecule has 0 N–H and O–H groups in total. The first kappa shape index (κ1) is 23.7. The van der Waals surface area contributed by atoms with Gasteiger partial charge in [0, 0.05) is 6.54 Å². The summed E-state index contributed by atoms with van der Waals surface area (Å²) in [5, 5.41) is 0.741.